The number of hydrogen-bond donors (Lipinski definition) is 3. The summed E-state index contributed by atoms with van der Waals surface area (Å²) in [6, 6.07) is 35.2. The standard InChI is InChI=1S/C35H29ClN2O5S/c1-44(42)28-18-16-26(17-19-28)37-31-20-15-25(36)22-30(31)34(39)38-32(35(40)41)21-23-11-13-24(14-12-23)29-9-5-6-10-33(29)43-27-7-3-2-4-8-27/h2-20,22,32,37H,21H2,1H3,(H,38,39)(H,40,41)/t32-,44?/m0/s1. The van der Waals surface area contributed by atoms with Crippen molar-refractivity contribution in [2.45, 2.75) is 17.4 Å². The third-order valence-electron chi connectivity index (χ3n) is 6.86. The molecule has 5 aromatic rings. The average Bonchev–Trinajstić information content (AvgIpc) is 3.03. The number of para-hydroxylation sites is 2. The fourth-order valence-electron chi connectivity index (χ4n) is 4.60. The predicted molar refractivity (Wildman–Crippen MR) is 174 cm³/mol. The van der Waals surface area contributed by atoms with Crippen molar-refractivity contribution in [1.29, 1.82) is 0 Å². The molecule has 0 saturated heterocycles. The van der Waals surface area contributed by atoms with Crippen LogP contribution in [0.15, 0.2) is 126 Å². The van der Waals surface area contributed by atoms with Gasteiger partial charge in [0.1, 0.15) is 17.5 Å². The highest BCUT2D eigenvalue weighted by Crippen LogP contribution is 2.33. The Bertz CT molecular complexity index is 1800. The summed E-state index contributed by atoms with van der Waals surface area (Å²) in [5.41, 5.74) is 3.84. The van der Waals surface area contributed by atoms with Gasteiger partial charge in [0, 0.05) is 44.6 Å². The molecule has 0 radical (unpaired) electrons. The maximum absolute atomic E-state index is 13.4. The van der Waals surface area contributed by atoms with Crippen molar-refractivity contribution in [3.05, 3.63) is 137 Å². The normalized spacial score (nSPS) is 12.1. The largest absolute Gasteiger partial charge is 0.480 e. The van der Waals surface area contributed by atoms with Crippen molar-refractivity contribution in [1.82, 2.24) is 5.32 Å². The van der Waals surface area contributed by atoms with Gasteiger partial charge in [0.15, 0.2) is 0 Å². The molecule has 9 heteroatoms. The quantitative estimate of drug-likeness (QED) is 0.139. The molecule has 0 aliphatic carbocycles. The molecule has 0 aliphatic rings. The summed E-state index contributed by atoms with van der Waals surface area (Å²) >= 11 is 6.20. The van der Waals surface area contributed by atoms with E-state index in [4.69, 9.17) is 16.3 Å². The van der Waals surface area contributed by atoms with E-state index in [1.807, 2.05) is 78.9 Å². The lowest BCUT2D eigenvalue weighted by molar-refractivity contribution is -0.139. The van der Waals surface area contributed by atoms with Crippen molar-refractivity contribution >= 4 is 45.7 Å². The van der Waals surface area contributed by atoms with Crippen LogP contribution in [0.2, 0.25) is 5.02 Å². The monoisotopic (exact) mass is 624 g/mol. The van der Waals surface area contributed by atoms with Gasteiger partial charge < -0.3 is 20.5 Å². The van der Waals surface area contributed by atoms with Gasteiger partial charge in [-0.05, 0) is 71.8 Å². The van der Waals surface area contributed by atoms with Gasteiger partial charge in [-0.2, -0.15) is 0 Å². The summed E-state index contributed by atoms with van der Waals surface area (Å²) in [7, 11) is -1.12. The zero-order chi connectivity index (χ0) is 31.1. The fourth-order valence-corrected chi connectivity index (χ4v) is 5.29. The number of ether oxygens (including phenoxy) is 1. The van der Waals surface area contributed by atoms with E-state index in [1.54, 1.807) is 42.7 Å². The molecule has 0 heterocycles. The molecule has 0 bridgehead atoms. The van der Waals surface area contributed by atoms with E-state index in [-0.39, 0.29) is 12.0 Å². The van der Waals surface area contributed by atoms with Gasteiger partial charge in [-0.25, -0.2) is 4.79 Å². The van der Waals surface area contributed by atoms with Gasteiger partial charge in [-0.1, -0.05) is 72.3 Å². The molecule has 222 valence electrons. The first-order valence-corrected chi connectivity index (χ1v) is 15.7. The molecule has 5 rings (SSSR count). The van der Waals surface area contributed by atoms with E-state index in [0.29, 0.717) is 27.0 Å². The average molecular weight is 625 g/mol. The highest BCUT2D eigenvalue weighted by Gasteiger charge is 2.23. The van der Waals surface area contributed by atoms with Crippen molar-refractivity contribution in [2.75, 3.05) is 11.6 Å². The van der Waals surface area contributed by atoms with E-state index in [9.17, 15) is 18.9 Å². The second-order valence-electron chi connectivity index (χ2n) is 9.97. The molecular formula is C35H29ClN2O5S. The summed E-state index contributed by atoms with van der Waals surface area (Å²) in [5.74, 6) is -0.327. The summed E-state index contributed by atoms with van der Waals surface area (Å²) < 4.78 is 17.8. The lowest BCUT2D eigenvalue weighted by Gasteiger charge is -2.18. The molecule has 1 amide bonds. The van der Waals surface area contributed by atoms with Crippen LogP contribution in [-0.2, 0) is 22.0 Å². The van der Waals surface area contributed by atoms with Gasteiger partial charge in [0.05, 0.1) is 11.3 Å². The van der Waals surface area contributed by atoms with E-state index in [2.05, 4.69) is 10.6 Å². The number of nitrogens with one attached hydrogen (secondary N) is 2. The third kappa shape index (κ3) is 7.72. The number of hydrogen-bond acceptors (Lipinski definition) is 5. The lowest BCUT2D eigenvalue weighted by Crippen LogP contribution is -2.42. The van der Waals surface area contributed by atoms with Crippen LogP contribution in [0, 0.1) is 0 Å². The minimum atomic E-state index is -1.19. The third-order valence-corrected chi connectivity index (χ3v) is 8.03. The Balaban J connectivity index is 1.31. The highest BCUT2D eigenvalue weighted by atomic mass is 35.5. The minimum Gasteiger partial charge on any atom is -0.480 e. The lowest BCUT2D eigenvalue weighted by atomic mass is 9.99. The number of carbonyl (C=O) groups is 2. The number of benzene rings is 5. The second kappa shape index (κ2) is 14.0. The Kier molecular flexibility index (Phi) is 9.74. The fraction of sp³-hybridized carbons (Fsp3) is 0.0857. The molecule has 0 aliphatic heterocycles. The van der Waals surface area contributed by atoms with Gasteiger partial charge in [-0.15, -0.1) is 0 Å². The Hall–Kier alpha value is -4.92. The molecule has 5 aromatic carbocycles. The molecule has 3 N–H and O–H groups in total. The van der Waals surface area contributed by atoms with Gasteiger partial charge in [0.2, 0.25) is 0 Å². The SMILES string of the molecule is CS(=O)c1ccc(Nc2ccc(Cl)cc2C(=O)N[C@@H](Cc2ccc(-c3ccccc3Oc3ccccc3)cc2)C(=O)O)cc1. The number of carbonyl (C=O) groups excluding carboxylic acids is 1. The molecule has 44 heavy (non-hydrogen) atoms. The number of carboxylic acid groups (broad SMARTS) is 1. The molecular weight excluding hydrogens is 596 g/mol. The molecule has 7 nitrogen and oxygen atoms in total. The van der Waals surface area contributed by atoms with Crippen LogP contribution in [0.25, 0.3) is 11.1 Å². The summed E-state index contributed by atoms with van der Waals surface area (Å²) in [6.45, 7) is 0. The summed E-state index contributed by atoms with van der Waals surface area (Å²) in [6.07, 6.45) is 1.67. The highest BCUT2D eigenvalue weighted by molar-refractivity contribution is 7.84. The Labute approximate surface area is 262 Å². The first-order valence-electron chi connectivity index (χ1n) is 13.7. The van der Waals surface area contributed by atoms with Crippen LogP contribution >= 0.6 is 11.6 Å². The maximum Gasteiger partial charge on any atom is 0.326 e. The van der Waals surface area contributed by atoms with Crippen LogP contribution in [-0.4, -0.2) is 33.5 Å². The van der Waals surface area contributed by atoms with E-state index < -0.39 is 28.7 Å². The topological polar surface area (TPSA) is 105 Å². The van der Waals surface area contributed by atoms with Crippen molar-refractivity contribution < 1.29 is 23.6 Å². The van der Waals surface area contributed by atoms with Crippen LogP contribution < -0.4 is 15.4 Å². The van der Waals surface area contributed by atoms with Crippen molar-refractivity contribution in [3.8, 4) is 22.6 Å². The van der Waals surface area contributed by atoms with Gasteiger partial charge in [0.25, 0.3) is 5.91 Å². The smallest absolute Gasteiger partial charge is 0.326 e. The number of rotatable bonds is 11. The zero-order valence-corrected chi connectivity index (χ0v) is 25.3. The number of aliphatic carboxylic acids is 1. The molecule has 0 fully saturated rings. The van der Waals surface area contributed by atoms with Crippen molar-refractivity contribution in [3.63, 3.8) is 0 Å². The Morgan fingerprint density at radius 3 is 2.23 bits per heavy atom. The van der Waals surface area contributed by atoms with Gasteiger partial charge >= 0.3 is 5.97 Å². The van der Waals surface area contributed by atoms with Crippen LogP contribution in [0.1, 0.15) is 15.9 Å². The zero-order valence-electron chi connectivity index (χ0n) is 23.7. The van der Waals surface area contributed by atoms with Crippen LogP contribution in [0.5, 0.6) is 11.5 Å². The minimum absolute atomic E-state index is 0.0719. The predicted octanol–water partition coefficient (Wildman–Crippen LogP) is 7.71. The molecule has 0 spiro atoms. The van der Waals surface area contributed by atoms with E-state index in [1.165, 1.54) is 6.07 Å². The van der Waals surface area contributed by atoms with E-state index in [0.717, 1.165) is 22.4 Å². The number of carboxylic acids is 1. The molecule has 1 unspecified atom stereocenters. The number of amides is 1. The number of halogens is 1. The molecule has 0 saturated carbocycles. The molecule has 2 atom stereocenters. The van der Waals surface area contributed by atoms with Crippen molar-refractivity contribution in [2.24, 2.45) is 0 Å². The van der Waals surface area contributed by atoms with Crippen LogP contribution in [0.3, 0.4) is 0 Å². The first kappa shape index (κ1) is 30.5. The maximum atomic E-state index is 13.4. The number of anilines is 2. The second-order valence-corrected chi connectivity index (χ2v) is 11.8. The Morgan fingerprint density at radius 1 is 0.864 bits per heavy atom. The first-order chi connectivity index (χ1) is 21.3. The summed E-state index contributed by atoms with van der Waals surface area (Å²) in [5, 5.41) is 16.1. The van der Waals surface area contributed by atoms with Crippen LogP contribution in [0.4, 0.5) is 11.4 Å². The molecule has 0 aromatic heterocycles. The summed E-state index contributed by atoms with van der Waals surface area (Å²) in [4.78, 5) is 26.2. The Morgan fingerprint density at radius 2 is 1.55 bits per heavy atom. The van der Waals surface area contributed by atoms with Gasteiger partial charge in [-0.3, -0.25) is 9.00 Å². The van der Waals surface area contributed by atoms with E-state index >= 15 is 0 Å².